The van der Waals surface area contributed by atoms with Crippen LogP contribution in [0.15, 0.2) is 24.3 Å². The highest BCUT2D eigenvalue weighted by molar-refractivity contribution is 6.30. The molecule has 0 saturated carbocycles. The zero-order chi connectivity index (χ0) is 8.48. The normalized spacial score (nSPS) is 11.6. The van der Waals surface area contributed by atoms with E-state index in [1.807, 2.05) is 38.1 Å². The highest BCUT2D eigenvalue weighted by Gasteiger charge is 2.12. The molecule has 0 aliphatic rings. The van der Waals surface area contributed by atoms with Crippen LogP contribution in [-0.4, -0.2) is 0 Å². The molecular formula is C9H12ClN. The molecule has 0 aromatic heterocycles. The summed E-state index contributed by atoms with van der Waals surface area (Å²) in [6.07, 6.45) is 0. The van der Waals surface area contributed by atoms with Crippen molar-refractivity contribution in [3.63, 3.8) is 0 Å². The van der Waals surface area contributed by atoms with Crippen LogP contribution < -0.4 is 5.73 Å². The average molecular weight is 172 g/mol. The summed E-state index contributed by atoms with van der Waals surface area (Å²) in [4.78, 5) is 0. The molecule has 1 rings (SSSR count). The van der Waals surface area contributed by atoms with Crippen molar-refractivity contribution in [2.75, 3.05) is 0 Å². The summed E-state index contributed by atoms with van der Waals surface area (Å²) in [5.74, 6) is 0. The number of benzene rings is 1. The molecular weight excluding hydrogens is 160 g/mol. The molecule has 1 aromatic carbocycles. The minimum absolute atomic E-state index is 0.273. The van der Waals surface area contributed by atoms with Crippen molar-refractivity contribution in [1.82, 2.24) is 0 Å². The maximum atomic E-state index is 5.86. The smallest absolute Gasteiger partial charge is 0.0406 e. The average Bonchev–Trinajstić information content (AvgIpc) is 1.86. The van der Waals surface area contributed by atoms with Crippen LogP contribution in [0.25, 0.3) is 0 Å². The molecule has 2 N–H and O–H groups in total. The number of hydrogen-bond donors (Lipinski definition) is 1. The number of hydrogen-bond acceptors (Lipinski definition) is 1. The summed E-state index contributed by atoms with van der Waals surface area (Å²) in [5, 5.41) is 0.748. The Morgan fingerprint density at radius 2 is 1.64 bits per heavy atom. The lowest BCUT2D eigenvalue weighted by Crippen LogP contribution is -2.28. The van der Waals surface area contributed by atoms with E-state index in [4.69, 9.17) is 17.3 Å². The van der Waals surface area contributed by atoms with Crippen LogP contribution in [0.3, 0.4) is 0 Å². The van der Waals surface area contributed by atoms with Gasteiger partial charge in [0.2, 0.25) is 0 Å². The van der Waals surface area contributed by atoms with E-state index in [-0.39, 0.29) is 5.54 Å². The molecule has 2 heteroatoms. The molecule has 0 fully saturated rings. The van der Waals surface area contributed by atoms with E-state index in [2.05, 4.69) is 0 Å². The van der Waals surface area contributed by atoms with Gasteiger partial charge in [-0.1, -0.05) is 23.7 Å². The van der Waals surface area contributed by atoms with Crippen LogP contribution in [-0.2, 0) is 5.54 Å². The lowest BCUT2D eigenvalue weighted by molar-refractivity contribution is 0.554. The first kappa shape index (κ1) is 8.57. The van der Waals surface area contributed by atoms with Gasteiger partial charge in [0.25, 0.3) is 0 Å². The Morgan fingerprint density at radius 3 is 2.00 bits per heavy atom. The monoisotopic (exact) mass is 171 g/mol. The molecule has 0 spiro atoms. The molecule has 0 bridgehead atoms. The van der Waals surface area contributed by atoms with Crippen LogP contribution >= 0.6 is 11.6 Å². The third kappa shape index (κ3) is 2.21. The number of halogens is 1. The van der Waals surface area contributed by atoms with Crippen molar-refractivity contribution in [3.05, 3.63) is 34.9 Å². The number of nitrogens with two attached hydrogens (primary N) is 1. The highest BCUT2D eigenvalue weighted by Crippen LogP contribution is 2.18. The second-order valence-corrected chi connectivity index (χ2v) is 3.67. The predicted molar refractivity (Wildman–Crippen MR) is 48.7 cm³/mol. The predicted octanol–water partition coefficient (Wildman–Crippen LogP) is 2.53. The Hall–Kier alpha value is -0.530. The highest BCUT2D eigenvalue weighted by atomic mass is 35.5. The maximum Gasteiger partial charge on any atom is 0.0406 e. The van der Waals surface area contributed by atoms with Gasteiger partial charge in [-0.15, -0.1) is 0 Å². The van der Waals surface area contributed by atoms with Crippen LogP contribution in [0.4, 0.5) is 0 Å². The van der Waals surface area contributed by atoms with Gasteiger partial charge in [0.05, 0.1) is 0 Å². The van der Waals surface area contributed by atoms with Crippen molar-refractivity contribution >= 4 is 11.6 Å². The van der Waals surface area contributed by atoms with Gasteiger partial charge in [-0.2, -0.15) is 0 Å². The summed E-state index contributed by atoms with van der Waals surface area (Å²) < 4.78 is 0. The lowest BCUT2D eigenvalue weighted by Gasteiger charge is -2.18. The molecule has 0 heterocycles. The zero-order valence-electron chi connectivity index (χ0n) is 6.76. The van der Waals surface area contributed by atoms with Gasteiger partial charge in [-0.25, -0.2) is 0 Å². The molecule has 0 radical (unpaired) electrons. The van der Waals surface area contributed by atoms with E-state index >= 15 is 0 Å². The fraction of sp³-hybridized carbons (Fsp3) is 0.333. The summed E-state index contributed by atoms with van der Waals surface area (Å²) in [6, 6.07) is 7.60. The van der Waals surface area contributed by atoms with E-state index in [0.717, 1.165) is 10.6 Å². The summed E-state index contributed by atoms with van der Waals surface area (Å²) >= 11 is 5.72. The van der Waals surface area contributed by atoms with Gasteiger partial charge in [-0.3, -0.25) is 0 Å². The van der Waals surface area contributed by atoms with Crippen molar-refractivity contribution in [2.45, 2.75) is 19.4 Å². The van der Waals surface area contributed by atoms with E-state index in [9.17, 15) is 0 Å². The Kier molecular flexibility index (Phi) is 2.21. The fourth-order valence-electron chi connectivity index (χ4n) is 0.879. The summed E-state index contributed by atoms with van der Waals surface area (Å²) in [7, 11) is 0. The van der Waals surface area contributed by atoms with E-state index in [1.165, 1.54) is 0 Å². The van der Waals surface area contributed by atoms with Gasteiger partial charge in [0.1, 0.15) is 0 Å². The first-order valence-corrected chi connectivity index (χ1v) is 3.93. The van der Waals surface area contributed by atoms with Crippen LogP contribution in [0.5, 0.6) is 0 Å². The zero-order valence-corrected chi connectivity index (χ0v) is 7.52. The standard InChI is InChI=1S/C9H12ClN/c1-9(2,11)7-3-5-8(10)6-4-7/h3-6H,11H2,1-2H3/i9+2. The van der Waals surface area contributed by atoms with Crippen molar-refractivity contribution < 1.29 is 0 Å². The first-order valence-electron chi connectivity index (χ1n) is 3.55. The molecule has 0 amide bonds. The Morgan fingerprint density at radius 1 is 1.18 bits per heavy atom. The van der Waals surface area contributed by atoms with Gasteiger partial charge < -0.3 is 5.73 Å². The SMILES string of the molecule is C[14C](C)(N)c1ccc(Cl)cc1. The van der Waals surface area contributed by atoms with Gasteiger partial charge >= 0.3 is 0 Å². The molecule has 0 aliphatic carbocycles. The molecule has 1 nitrogen and oxygen atoms in total. The topological polar surface area (TPSA) is 26.0 Å². The molecule has 0 atom stereocenters. The van der Waals surface area contributed by atoms with Gasteiger partial charge in [0.15, 0.2) is 0 Å². The third-order valence-electron chi connectivity index (χ3n) is 1.59. The lowest BCUT2D eigenvalue weighted by atomic mass is 10.3. The Labute approximate surface area is 72.2 Å². The van der Waals surface area contributed by atoms with Gasteiger partial charge in [0, 0.05) is 10.6 Å². The maximum absolute atomic E-state index is 5.86. The third-order valence-corrected chi connectivity index (χ3v) is 1.84. The van der Waals surface area contributed by atoms with Crippen LogP contribution in [0, 0.1) is 0 Å². The Bertz CT molecular complexity index is 233. The second-order valence-electron chi connectivity index (χ2n) is 3.23. The van der Waals surface area contributed by atoms with E-state index in [0.29, 0.717) is 0 Å². The van der Waals surface area contributed by atoms with Crippen LogP contribution in [0.1, 0.15) is 19.4 Å². The van der Waals surface area contributed by atoms with Crippen molar-refractivity contribution in [2.24, 2.45) is 5.73 Å². The minimum Gasteiger partial charge on any atom is -0.322 e. The fourth-order valence-corrected chi connectivity index (χ4v) is 1.01. The quantitative estimate of drug-likeness (QED) is 0.691. The van der Waals surface area contributed by atoms with E-state index in [1.54, 1.807) is 0 Å². The molecule has 0 unspecified atom stereocenters. The molecule has 1 aromatic rings. The Balaban J connectivity index is 2.99. The van der Waals surface area contributed by atoms with Crippen molar-refractivity contribution in [1.29, 1.82) is 0 Å². The molecule has 0 aliphatic heterocycles. The molecule has 0 saturated heterocycles. The summed E-state index contributed by atoms with van der Waals surface area (Å²) in [5.41, 5.74) is 6.69. The second kappa shape index (κ2) is 2.84. The van der Waals surface area contributed by atoms with Gasteiger partial charge in [-0.05, 0) is 31.5 Å². The van der Waals surface area contributed by atoms with Crippen LogP contribution in [0.2, 0.25) is 5.02 Å². The number of rotatable bonds is 1. The molecule has 60 valence electrons. The van der Waals surface area contributed by atoms with E-state index < -0.39 is 0 Å². The molecule has 11 heavy (non-hydrogen) atoms. The minimum atomic E-state index is -0.273. The summed E-state index contributed by atoms with van der Waals surface area (Å²) in [6.45, 7) is 3.94. The van der Waals surface area contributed by atoms with Crippen molar-refractivity contribution in [3.8, 4) is 0 Å². The first-order chi connectivity index (χ1) is 5.00. The largest absolute Gasteiger partial charge is 0.322 e.